The molecule has 0 amide bonds. The van der Waals surface area contributed by atoms with Gasteiger partial charge in [-0.2, -0.15) is 5.10 Å². The number of hydrogen-bond acceptors (Lipinski definition) is 2. The molecule has 0 saturated carbocycles. The molecule has 6 heteroatoms. The van der Waals surface area contributed by atoms with Gasteiger partial charge >= 0.3 is 0 Å². The number of benzene rings is 2. The van der Waals surface area contributed by atoms with Crippen molar-refractivity contribution in [1.82, 2.24) is 9.78 Å². The van der Waals surface area contributed by atoms with Crippen LogP contribution in [0, 0.1) is 5.82 Å². The lowest BCUT2D eigenvalue weighted by molar-refractivity contribution is 0.621. The molecular weight excluding hydrogens is 335 g/mol. The second-order valence-corrected chi connectivity index (χ2v) is 5.53. The summed E-state index contributed by atoms with van der Waals surface area (Å²) >= 11 is 3.11. The number of aromatic nitrogens is 2. The molecule has 3 rings (SSSR count). The lowest BCUT2D eigenvalue weighted by atomic mass is 10.2. The Morgan fingerprint density at radius 1 is 1.29 bits per heavy atom. The summed E-state index contributed by atoms with van der Waals surface area (Å²) in [4.78, 5) is 4.33. The van der Waals surface area contributed by atoms with Gasteiger partial charge in [-0.05, 0) is 52.3 Å². The van der Waals surface area contributed by atoms with Crippen LogP contribution in [0.2, 0.25) is 0 Å². The second kappa shape index (κ2) is 5.29. The fraction of sp³-hybridized carbons (Fsp3) is 0.0667. The van der Waals surface area contributed by atoms with Crippen LogP contribution in [0.3, 0.4) is 0 Å². The third-order valence-corrected chi connectivity index (χ3v) is 3.71. The van der Waals surface area contributed by atoms with Crippen molar-refractivity contribution in [3.8, 4) is 0 Å². The monoisotopic (exact) mass is 346 g/mol. The van der Waals surface area contributed by atoms with E-state index in [0.717, 1.165) is 10.9 Å². The van der Waals surface area contributed by atoms with Crippen LogP contribution >= 0.6 is 15.9 Å². The van der Waals surface area contributed by atoms with Crippen molar-refractivity contribution in [2.75, 3.05) is 0 Å². The molecule has 106 valence electrons. The summed E-state index contributed by atoms with van der Waals surface area (Å²) in [5.74, 6) is -0.0991. The van der Waals surface area contributed by atoms with E-state index in [1.165, 1.54) is 6.07 Å². The molecule has 0 radical (unpaired) electrons. The quantitative estimate of drug-likeness (QED) is 0.570. The Hall–Kier alpha value is -2.21. The Bertz CT molecular complexity index is 854. The fourth-order valence-electron chi connectivity index (χ4n) is 2.07. The van der Waals surface area contributed by atoms with Crippen molar-refractivity contribution in [2.45, 2.75) is 0 Å². The van der Waals surface area contributed by atoms with Crippen LogP contribution in [0.25, 0.3) is 10.9 Å². The number of aryl methyl sites for hydroxylation is 1. The standard InChI is InChI=1S/C15H12BrFN4/c1-21-8-10-6-11(3-5-14(10)20-21)19-15(18)9-2-4-12(16)13(17)7-9/h2-8H,1H3,(H2,18,19). The van der Waals surface area contributed by atoms with E-state index in [9.17, 15) is 4.39 Å². The number of nitrogens with zero attached hydrogens (tertiary/aromatic N) is 3. The van der Waals surface area contributed by atoms with Crippen LogP contribution in [0.4, 0.5) is 10.1 Å². The molecule has 0 aliphatic carbocycles. The summed E-state index contributed by atoms with van der Waals surface area (Å²) in [6.07, 6.45) is 1.91. The van der Waals surface area contributed by atoms with Gasteiger partial charge in [0, 0.05) is 24.2 Å². The average molecular weight is 347 g/mol. The molecule has 0 saturated heterocycles. The molecule has 0 spiro atoms. The van der Waals surface area contributed by atoms with Gasteiger partial charge in [0.25, 0.3) is 0 Å². The number of aliphatic imine (C=N–C) groups is 1. The second-order valence-electron chi connectivity index (χ2n) is 4.67. The normalized spacial score (nSPS) is 12.0. The molecule has 1 aromatic heterocycles. The maximum absolute atomic E-state index is 13.5. The van der Waals surface area contributed by atoms with Gasteiger partial charge in [-0.25, -0.2) is 9.38 Å². The predicted molar refractivity (Wildman–Crippen MR) is 85.2 cm³/mol. The number of fused-ring (bicyclic) bond motifs is 1. The van der Waals surface area contributed by atoms with Crippen LogP contribution in [0.1, 0.15) is 5.56 Å². The van der Waals surface area contributed by atoms with Gasteiger partial charge < -0.3 is 5.73 Å². The van der Waals surface area contributed by atoms with Crippen LogP contribution in [0.5, 0.6) is 0 Å². The molecule has 0 fully saturated rings. The highest BCUT2D eigenvalue weighted by Crippen LogP contribution is 2.21. The molecule has 0 aliphatic rings. The summed E-state index contributed by atoms with van der Waals surface area (Å²) in [5.41, 5.74) is 8.08. The molecule has 0 aliphatic heterocycles. The highest BCUT2D eigenvalue weighted by atomic mass is 79.9. The first-order chi connectivity index (χ1) is 10.0. The zero-order valence-corrected chi connectivity index (χ0v) is 12.8. The Balaban J connectivity index is 1.99. The number of rotatable bonds is 2. The Morgan fingerprint density at radius 3 is 2.86 bits per heavy atom. The van der Waals surface area contributed by atoms with E-state index in [1.54, 1.807) is 16.8 Å². The molecule has 4 nitrogen and oxygen atoms in total. The fourth-order valence-corrected chi connectivity index (χ4v) is 2.31. The van der Waals surface area contributed by atoms with Gasteiger partial charge in [-0.15, -0.1) is 0 Å². The SMILES string of the molecule is Cn1cc2cc(N=C(N)c3ccc(Br)c(F)c3)ccc2n1. The Kier molecular flexibility index (Phi) is 3.47. The molecule has 0 unspecified atom stereocenters. The molecule has 1 heterocycles. The van der Waals surface area contributed by atoms with Crippen molar-refractivity contribution in [3.63, 3.8) is 0 Å². The summed E-state index contributed by atoms with van der Waals surface area (Å²) in [6.45, 7) is 0. The van der Waals surface area contributed by atoms with Crippen LogP contribution in [-0.4, -0.2) is 15.6 Å². The molecule has 21 heavy (non-hydrogen) atoms. The molecule has 3 aromatic rings. The summed E-state index contributed by atoms with van der Waals surface area (Å²) in [6, 6.07) is 10.3. The molecular formula is C15H12BrFN4. The van der Waals surface area contributed by atoms with Crippen molar-refractivity contribution in [1.29, 1.82) is 0 Å². The first-order valence-electron chi connectivity index (χ1n) is 6.26. The Morgan fingerprint density at radius 2 is 2.10 bits per heavy atom. The third-order valence-electron chi connectivity index (χ3n) is 3.07. The van der Waals surface area contributed by atoms with Gasteiger partial charge in [0.15, 0.2) is 0 Å². The van der Waals surface area contributed by atoms with Gasteiger partial charge in [0.1, 0.15) is 11.7 Å². The van der Waals surface area contributed by atoms with Gasteiger partial charge in [-0.3, -0.25) is 4.68 Å². The van der Waals surface area contributed by atoms with Crippen LogP contribution in [-0.2, 0) is 7.05 Å². The van der Waals surface area contributed by atoms with E-state index in [4.69, 9.17) is 5.73 Å². The number of nitrogens with two attached hydrogens (primary N) is 1. The highest BCUT2D eigenvalue weighted by molar-refractivity contribution is 9.10. The predicted octanol–water partition coefficient (Wildman–Crippen LogP) is 3.51. The minimum absolute atomic E-state index is 0.268. The van der Waals surface area contributed by atoms with Crippen molar-refractivity contribution < 1.29 is 4.39 Å². The third kappa shape index (κ3) is 2.80. The molecule has 2 N–H and O–H groups in total. The molecule has 0 bridgehead atoms. The van der Waals surface area contributed by atoms with E-state index in [-0.39, 0.29) is 11.7 Å². The smallest absolute Gasteiger partial charge is 0.138 e. The van der Waals surface area contributed by atoms with Crippen LogP contribution < -0.4 is 5.73 Å². The van der Waals surface area contributed by atoms with Crippen LogP contribution in [0.15, 0.2) is 52.1 Å². The molecule has 0 atom stereocenters. The lowest BCUT2D eigenvalue weighted by Gasteiger charge is -2.02. The van der Waals surface area contributed by atoms with Crippen molar-refractivity contribution in [2.24, 2.45) is 17.8 Å². The minimum atomic E-state index is -0.367. The summed E-state index contributed by atoms with van der Waals surface area (Å²) in [5, 5.41) is 5.28. The van der Waals surface area contributed by atoms with E-state index in [0.29, 0.717) is 15.7 Å². The number of hydrogen-bond donors (Lipinski definition) is 1. The summed E-state index contributed by atoms with van der Waals surface area (Å²) < 4.78 is 15.7. The Labute approximate surface area is 129 Å². The largest absolute Gasteiger partial charge is 0.383 e. The maximum Gasteiger partial charge on any atom is 0.138 e. The number of halogens is 2. The highest BCUT2D eigenvalue weighted by Gasteiger charge is 2.05. The van der Waals surface area contributed by atoms with E-state index in [1.807, 2.05) is 31.4 Å². The van der Waals surface area contributed by atoms with Gasteiger partial charge in [-0.1, -0.05) is 0 Å². The lowest BCUT2D eigenvalue weighted by Crippen LogP contribution is -2.13. The topological polar surface area (TPSA) is 56.2 Å². The van der Waals surface area contributed by atoms with E-state index in [2.05, 4.69) is 26.0 Å². The zero-order chi connectivity index (χ0) is 15.0. The minimum Gasteiger partial charge on any atom is -0.383 e. The maximum atomic E-state index is 13.5. The van der Waals surface area contributed by atoms with Gasteiger partial charge in [0.2, 0.25) is 0 Å². The average Bonchev–Trinajstić information content (AvgIpc) is 2.81. The first kappa shape index (κ1) is 13.8. The van der Waals surface area contributed by atoms with Gasteiger partial charge in [0.05, 0.1) is 15.7 Å². The van der Waals surface area contributed by atoms with Crippen molar-refractivity contribution >= 4 is 38.4 Å². The summed E-state index contributed by atoms with van der Waals surface area (Å²) in [7, 11) is 1.86. The molecule has 2 aromatic carbocycles. The first-order valence-corrected chi connectivity index (χ1v) is 7.05. The van der Waals surface area contributed by atoms with Crippen molar-refractivity contribution in [3.05, 3.63) is 58.4 Å². The van der Waals surface area contributed by atoms with E-state index < -0.39 is 0 Å². The van der Waals surface area contributed by atoms with E-state index >= 15 is 0 Å². The zero-order valence-electron chi connectivity index (χ0n) is 11.2. The number of amidine groups is 1.